The third-order valence-electron chi connectivity index (χ3n) is 7.16. The number of aliphatic imine (C=N–C) groups is 1. The van der Waals surface area contributed by atoms with Gasteiger partial charge in [-0.3, -0.25) is 15.1 Å². The van der Waals surface area contributed by atoms with Crippen molar-refractivity contribution in [3.8, 4) is 0 Å². The molecule has 2 aliphatic rings. The Balaban J connectivity index is 1.08. The fourth-order valence-corrected chi connectivity index (χ4v) is 6.57. The predicted molar refractivity (Wildman–Crippen MR) is 167 cm³/mol. The zero-order valence-corrected chi connectivity index (χ0v) is 23.6. The molecule has 7 nitrogen and oxygen atoms in total. The lowest BCUT2D eigenvalue weighted by molar-refractivity contribution is -0.384. The smallest absolute Gasteiger partial charge is 0.269 e. The zero-order chi connectivity index (χ0) is 27.2. The van der Waals surface area contributed by atoms with Gasteiger partial charge in [-0.1, -0.05) is 28.1 Å². The van der Waals surface area contributed by atoms with Crippen LogP contribution in [0, 0.1) is 10.1 Å². The molecular formula is C31H22BrN5O2S. The molecule has 0 fully saturated rings. The number of aromatic nitrogens is 1. The molecule has 0 unspecified atom stereocenters. The molecule has 0 spiro atoms. The van der Waals surface area contributed by atoms with E-state index in [0.29, 0.717) is 0 Å². The quantitative estimate of drug-likeness (QED) is 0.114. The van der Waals surface area contributed by atoms with Gasteiger partial charge >= 0.3 is 0 Å². The number of nitro groups is 1. The van der Waals surface area contributed by atoms with E-state index < -0.39 is 4.92 Å². The second kappa shape index (κ2) is 10.0. The molecule has 9 heteroatoms. The third-order valence-corrected chi connectivity index (χ3v) is 8.64. The molecule has 0 amide bonds. The Bertz CT molecular complexity index is 1850. The Morgan fingerprint density at radius 2 is 1.60 bits per heavy atom. The van der Waals surface area contributed by atoms with Crippen molar-refractivity contribution in [3.05, 3.63) is 121 Å². The summed E-state index contributed by atoms with van der Waals surface area (Å²) in [7, 11) is 0. The second-order valence-electron chi connectivity index (χ2n) is 9.84. The number of fused-ring (bicyclic) bond motifs is 7. The van der Waals surface area contributed by atoms with Gasteiger partial charge in [0.05, 0.1) is 27.5 Å². The van der Waals surface area contributed by atoms with Crippen LogP contribution < -0.4 is 9.80 Å². The number of thiazole rings is 1. The van der Waals surface area contributed by atoms with E-state index in [9.17, 15) is 10.1 Å². The number of nitro benzene ring substituents is 1. The van der Waals surface area contributed by atoms with Crippen LogP contribution in [-0.2, 0) is 13.1 Å². The van der Waals surface area contributed by atoms with Crippen molar-refractivity contribution in [2.24, 2.45) is 4.99 Å². The van der Waals surface area contributed by atoms with E-state index in [0.717, 1.165) is 56.3 Å². The number of halogens is 1. The Morgan fingerprint density at radius 3 is 2.38 bits per heavy atom. The van der Waals surface area contributed by atoms with E-state index in [2.05, 4.69) is 73.2 Å². The lowest BCUT2D eigenvalue weighted by Gasteiger charge is -2.44. The van der Waals surface area contributed by atoms with Crippen molar-refractivity contribution in [1.29, 1.82) is 0 Å². The average Bonchev–Trinajstić information content (AvgIpc) is 3.37. The van der Waals surface area contributed by atoms with Crippen LogP contribution in [0.5, 0.6) is 0 Å². The van der Waals surface area contributed by atoms with Crippen LogP contribution in [0.1, 0.15) is 27.3 Å². The number of anilines is 2. The first kappa shape index (κ1) is 24.7. The van der Waals surface area contributed by atoms with Gasteiger partial charge in [0.25, 0.3) is 5.69 Å². The molecule has 40 heavy (non-hydrogen) atoms. The first-order valence-corrected chi connectivity index (χ1v) is 14.4. The van der Waals surface area contributed by atoms with Gasteiger partial charge in [-0.05, 0) is 89.0 Å². The Kier molecular flexibility index (Phi) is 6.17. The van der Waals surface area contributed by atoms with Crippen LogP contribution >= 0.6 is 27.3 Å². The van der Waals surface area contributed by atoms with Crippen LogP contribution in [0.25, 0.3) is 22.4 Å². The molecule has 2 aliphatic heterocycles. The van der Waals surface area contributed by atoms with Gasteiger partial charge in [-0.2, -0.15) is 0 Å². The lowest BCUT2D eigenvalue weighted by Crippen LogP contribution is -2.46. The molecule has 0 N–H and O–H groups in total. The topological polar surface area (TPSA) is 74.9 Å². The van der Waals surface area contributed by atoms with Crippen molar-refractivity contribution >= 4 is 78.6 Å². The summed E-state index contributed by atoms with van der Waals surface area (Å²) in [5, 5.41) is 11.7. The van der Waals surface area contributed by atoms with Crippen LogP contribution in [0.2, 0.25) is 0 Å². The normalized spacial score (nSPS) is 14.2. The van der Waals surface area contributed by atoms with Crippen molar-refractivity contribution in [3.63, 3.8) is 0 Å². The molecule has 0 saturated heterocycles. The molecule has 0 saturated carbocycles. The first-order valence-electron chi connectivity index (χ1n) is 12.8. The maximum Gasteiger partial charge on any atom is 0.269 e. The maximum atomic E-state index is 10.9. The molecule has 0 atom stereocenters. The number of hydrogen-bond acceptors (Lipinski definition) is 7. The fraction of sp³-hybridized carbons (Fsp3) is 0.0968. The first-order chi connectivity index (χ1) is 19.5. The number of non-ortho nitro benzene ring substituents is 1. The van der Waals surface area contributed by atoms with Crippen LogP contribution in [-0.4, -0.2) is 22.8 Å². The number of nitrogens with zero attached hydrogens (tertiary/aromatic N) is 5. The molecule has 4 aromatic carbocycles. The van der Waals surface area contributed by atoms with Gasteiger partial charge in [0, 0.05) is 47.3 Å². The standard InChI is InChI=1S/C31H22BrN5O2S/c32-24-5-11-29-23(14-24)18-36-19-35(29)17-22-13-21(3-10-28(22)36)16-33-25-6-9-27-30(15-25)40-31(34-27)12-4-20-1-7-26(8-2-20)37(38)39/h1-16H,17-19H2/b12-4+,33-16?. The highest BCUT2D eigenvalue weighted by Crippen LogP contribution is 2.39. The Hall–Kier alpha value is -4.34. The maximum absolute atomic E-state index is 10.9. The summed E-state index contributed by atoms with van der Waals surface area (Å²) in [6.07, 6.45) is 5.77. The second-order valence-corrected chi connectivity index (χ2v) is 11.8. The third kappa shape index (κ3) is 4.78. The summed E-state index contributed by atoms with van der Waals surface area (Å²) in [5.74, 6) is 0. The SMILES string of the molecule is O=[N+]([O-])c1ccc(/C=C/c2nc3ccc(N=Cc4ccc5c(c4)CN4CN5Cc5cc(Br)ccc54)cc3s2)cc1. The molecule has 196 valence electrons. The van der Waals surface area contributed by atoms with Crippen molar-refractivity contribution in [2.45, 2.75) is 13.1 Å². The predicted octanol–water partition coefficient (Wildman–Crippen LogP) is 8.19. The van der Waals surface area contributed by atoms with Gasteiger partial charge in [0.15, 0.2) is 0 Å². The van der Waals surface area contributed by atoms with Crippen LogP contribution in [0.3, 0.4) is 0 Å². The van der Waals surface area contributed by atoms with E-state index in [4.69, 9.17) is 4.99 Å². The average molecular weight is 609 g/mol. The molecule has 0 radical (unpaired) electrons. The van der Waals surface area contributed by atoms with Crippen LogP contribution in [0.4, 0.5) is 22.7 Å². The van der Waals surface area contributed by atoms with E-state index >= 15 is 0 Å². The molecule has 1 aromatic heterocycles. The molecule has 3 heterocycles. The van der Waals surface area contributed by atoms with Gasteiger partial charge < -0.3 is 9.80 Å². The van der Waals surface area contributed by atoms with Crippen LogP contribution in [0.15, 0.2) is 88.3 Å². The summed E-state index contributed by atoms with van der Waals surface area (Å²) >= 11 is 5.20. The number of hydrogen-bond donors (Lipinski definition) is 0. The van der Waals surface area contributed by atoms with E-state index in [-0.39, 0.29) is 5.69 Å². The summed E-state index contributed by atoms with van der Waals surface area (Å²) in [5.41, 5.74) is 9.10. The molecule has 0 aliphatic carbocycles. The number of benzene rings is 4. The summed E-state index contributed by atoms with van der Waals surface area (Å²) < 4.78 is 2.18. The summed E-state index contributed by atoms with van der Waals surface area (Å²) in [6, 6.07) is 25.6. The van der Waals surface area contributed by atoms with Gasteiger partial charge in [0.1, 0.15) is 5.01 Å². The number of rotatable bonds is 5. The highest BCUT2D eigenvalue weighted by molar-refractivity contribution is 9.10. The summed E-state index contributed by atoms with van der Waals surface area (Å²) in [6.45, 7) is 2.70. The molecule has 2 bridgehead atoms. The highest BCUT2D eigenvalue weighted by Gasteiger charge is 2.29. The minimum atomic E-state index is -0.397. The monoisotopic (exact) mass is 607 g/mol. The summed E-state index contributed by atoms with van der Waals surface area (Å²) in [4.78, 5) is 24.8. The minimum absolute atomic E-state index is 0.0815. The van der Waals surface area contributed by atoms with E-state index in [1.165, 1.54) is 34.6 Å². The largest absolute Gasteiger partial charge is 0.349 e. The van der Waals surface area contributed by atoms with E-state index in [1.54, 1.807) is 23.5 Å². The van der Waals surface area contributed by atoms with E-state index in [1.807, 2.05) is 30.5 Å². The van der Waals surface area contributed by atoms with Crippen molar-refractivity contribution in [1.82, 2.24) is 4.98 Å². The minimum Gasteiger partial charge on any atom is -0.349 e. The molecule has 7 rings (SSSR count). The van der Waals surface area contributed by atoms with Gasteiger partial charge in [-0.25, -0.2) is 4.98 Å². The van der Waals surface area contributed by atoms with Gasteiger partial charge in [-0.15, -0.1) is 11.3 Å². The van der Waals surface area contributed by atoms with Crippen molar-refractivity contribution < 1.29 is 4.92 Å². The lowest BCUT2D eigenvalue weighted by atomic mass is 10.0. The Labute approximate surface area is 243 Å². The zero-order valence-electron chi connectivity index (χ0n) is 21.2. The highest BCUT2D eigenvalue weighted by atomic mass is 79.9. The Morgan fingerprint density at radius 1 is 0.875 bits per heavy atom. The fourth-order valence-electron chi connectivity index (χ4n) is 5.26. The molecule has 5 aromatic rings. The van der Waals surface area contributed by atoms with Gasteiger partial charge in [0.2, 0.25) is 0 Å². The molecular weight excluding hydrogens is 586 g/mol. The van der Waals surface area contributed by atoms with Crippen molar-refractivity contribution in [2.75, 3.05) is 16.5 Å².